The Bertz CT molecular complexity index is 1120. The monoisotopic (exact) mass is 412 g/mol. The number of halogens is 3. The van der Waals surface area contributed by atoms with Gasteiger partial charge in [-0.2, -0.15) is 18.3 Å². The summed E-state index contributed by atoms with van der Waals surface area (Å²) >= 11 is 0. The van der Waals surface area contributed by atoms with Crippen LogP contribution in [0.4, 0.5) is 24.5 Å². The minimum absolute atomic E-state index is 0.165. The molecule has 3 aromatic rings. The highest BCUT2D eigenvalue weighted by atomic mass is 32.2. The molecule has 1 aromatic heterocycles. The number of hydrogen-bond acceptors (Lipinski definition) is 4. The number of aromatic nitrogens is 2. The lowest BCUT2D eigenvalue weighted by Crippen LogP contribution is -2.29. The number of rotatable bonds is 5. The quantitative estimate of drug-likeness (QED) is 0.672. The molecule has 0 spiro atoms. The number of aryl methyl sites for hydroxylation is 1. The summed E-state index contributed by atoms with van der Waals surface area (Å²) in [5.41, 5.74) is 0.902. The van der Waals surface area contributed by atoms with Crippen LogP contribution in [0.2, 0.25) is 0 Å². The molecule has 7 nitrogen and oxygen atoms in total. The summed E-state index contributed by atoms with van der Waals surface area (Å²) in [4.78, 5) is 10.8. The zero-order valence-electron chi connectivity index (χ0n) is 14.5. The van der Waals surface area contributed by atoms with Crippen molar-refractivity contribution in [2.45, 2.75) is 24.5 Å². The van der Waals surface area contributed by atoms with E-state index in [1.807, 2.05) is 6.92 Å². The maximum absolute atomic E-state index is 12.5. The fourth-order valence-electron chi connectivity index (χ4n) is 2.52. The number of anilines is 2. The first kappa shape index (κ1) is 19.7. The second-order valence-corrected chi connectivity index (χ2v) is 7.50. The topological polar surface area (TPSA) is 93.1 Å². The van der Waals surface area contributed by atoms with Gasteiger partial charge in [0.25, 0.3) is 10.0 Å². The van der Waals surface area contributed by atoms with Crippen LogP contribution >= 0.6 is 0 Å². The number of hydrogen-bond donors (Lipinski definition) is 2. The molecule has 2 aromatic carbocycles. The van der Waals surface area contributed by atoms with E-state index in [1.54, 1.807) is 34.4 Å². The molecule has 2 N–H and O–H groups in total. The largest absolute Gasteiger partial charge is 0.471 e. The predicted octanol–water partition coefficient (Wildman–Crippen LogP) is 3.36. The van der Waals surface area contributed by atoms with E-state index in [0.717, 1.165) is 35.2 Å². The summed E-state index contributed by atoms with van der Waals surface area (Å²) < 4.78 is 66.0. The molecule has 28 heavy (non-hydrogen) atoms. The number of carbonyl (C=O) groups excluding carboxylic acids is 1. The molecule has 0 fully saturated rings. The van der Waals surface area contributed by atoms with Crippen molar-refractivity contribution in [3.63, 3.8) is 0 Å². The first-order chi connectivity index (χ1) is 13.1. The molecule has 0 bridgehead atoms. The van der Waals surface area contributed by atoms with Crippen molar-refractivity contribution in [2.75, 3.05) is 10.0 Å². The number of nitrogens with one attached hydrogen (secondary N) is 2. The zero-order chi connectivity index (χ0) is 20.5. The zero-order valence-corrected chi connectivity index (χ0v) is 15.3. The van der Waals surface area contributed by atoms with Crippen LogP contribution in [0, 0.1) is 0 Å². The van der Waals surface area contributed by atoms with E-state index in [1.165, 1.54) is 0 Å². The van der Waals surface area contributed by atoms with Gasteiger partial charge in [0.05, 0.1) is 22.3 Å². The average molecular weight is 412 g/mol. The second kappa shape index (κ2) is 7.15. The van der Waals surface area contributed by atoms with E-state index in [-0.39, 0.29) is 10.6 Å². The standard InChI is InChI=1S/C17H15F3N4O3S/c1-2-24-15-9-13(4-3-11(15)10-21-24)23-28(26,27)14-7-5-12(6-8-14)22-16(25)17(18,19)20/h3-10,23H,2H2,1H3,(H,22,25). The van der Waals surface area contributed by atoms with Gasteiger partial charge >= 0.3 is 12.1 Å². The Balaban J connectivity index is 1.80. The van der Waals surface area contributed by atoms with E-state index in [4.69, 9.17) is 0 Å². The van der Waals surface area contributed by atoms with Gasteiger partial charge in [0.15, 0.2) is 0 Å². The Labute approximate surface area is 158 Å². The summed E-state index contributed by atoms with van der Waals surface area (Å²) in [5, 5.41) is 6.69. The maximum Gasteiger partial charge on any atom is 0.471 e. The number of sulfonamides is 1. The van der Waals surface area contributed by atoms with Gasteiger partial charge in [-0.15, -0.1) is 0 Å². The van der Waals surface area contributed by atoms with Crippen LogP contribution in [-0.2, 0) is 21.4 Å². The van der Waals surface area contributed by atoms with E-state index < -0.39 is 22.1 Å². The third-order valence-electron chi connectivity index (χ3n) is 3.88. The lowest BCUT2D eigenvalue weighted by Gasteiger charge is -2.11. The third kappa shape index (κ3) is 4.09. The van der Waals surface area contributed by atoms with Crippen molar-refractivity contribution in [1.82, 2.24) is 9.78 Å². The van der Waals surface area contributed by atoms with Crippen LogP contribution in [0.3, 0.4) is 0 Å². The molecule has 3 rings (SSSR count). The lowest BCUT2D eigenvalue weighted by molar-refractivity contribution is -0.167. The summed E-state index contributed by atoms with van der Waals surface area (Å²) in [6, 6.07) is 9.30. The Morgan fingerprint density at radius 2 is 1.75 bits per heavy atom. The minimum atomic E-state index is -5.03. The molecule has 1 heterocycles. The summed E-state index contributed by atoms with van der Waals surface area (Å²) in [6.07, 6.45) is -3.36. The molecule has 11 heteroatoms. The fraction of sp³-hybridized carbons (Fsp3) is 0.176. The number of amides is 1. The van der Waals surface area contributed by atoms with Crippen molar-refractivity contribution < 1.29 is 26.4 Å². The van der Waals surface area contributed by atoms with E-state index in [0.29, 0.717) is 12.2 Å². The van der Waals surface area contributed by atoms with Gasteiger partial charge in [-0.25, -0.2) is 8.42 Å². The highest BCUT2D eigenvalue weighted by Crippen LogP contribution is 2.23. The van der Waals surface area contributed by atoms with E-state index >= 15 is 0 Å². The van der Waals surface area contributed by atoms with E-state index in [9.17, 15) is 26.4 Å². The highest BCUT2D eigenvalue weighted by molar-refractivity contribution is 7.92. The van der Waals surface area contributed by atoms with Crippen LogP contribution in [-0.4, -0.2) is 30.3 Å². The molecule has 0 aliphatic carbocycles. The van der Waals surface area contributed by atoms with Gasteiger partial charge < -0.3 is 5.32 Å². The number of carbonyl (C=O) groups is 1. The molecule has 0 saturated heterocycles. The summed E-state index contributed by atoms with van der Waals surface area (Å²) in [7, 11) is -3.97. The van der Waals surface area contributed by atoms with Crippen LogP contribution in [0.25, 0.3) is 10.9 Å². The molecule has 0 atom stereocenters. The first-order valence-electron chi connectivity index (χ1n) is 8.07. The smallest absolute Gasteiger partial charge is 0.318 e. The molecule has 0 radical (unpaired) electrons. The molecular formula is C17H15F3N4O3S. The number of fused-ring (bicyclic) bond motifs is 1. The van der Waals surface area contributed by atoms with Crippen molar-refractivity contribution in [3.05, 3.63) is 48.7 Å². The van der Waals surface area contributed by atoms with E-state index in [2.05, 4.69) is 9.82 Å². The molecule has 0 unspecified atom stereocenters. The SMILES string of the molecule is CCn1ncc2ccc(NS(=O)(=O)c3ccc(NC(=O)C(F)(F)F)cc3)cc21. The summed E-state index contributed by atoms with van der Waals surface area (Å²) in [6.45, 7) is 2.52. The lowest BCUT2D eigenvalue weighted by atomic mass is 10.2. The van der Waals surface area contributed by atoms with Gasteiger partial charge in [0, 0.05) is 17.6 Å². The van der Waals surface area contributed by atoms with Crippen LogP contribution in [0.1, 0.15) is 6.92 Å². The number of nitrogens with zero attached hydrogens (tertiary/aromatic N) is 2. The molecule has 0 saturated carbocycles. The van der Waals surface area contributed by atoms with Crippen molar-refractivity contribution in [2.24, 2.45) is 0 Å². The third-order valence-corrected chi connectivity index (χ3v) is 5.27. The Morgan fingerprint density at radius 3 is 2.36 bits per heavy atom. The normalized spacial score (nSPS) is 12.1. The van der Waals surface area contributed by atoms with Crippen molar-refractivity contribution in [1.29, 1.82) is 0 Å². The Hall–Kier alpha value is -3.08. The van der Waals surface area contributed by atoms with Crippen LogP contribution < -0.4 is 10.0 Å². The van der Waals surface area contributed by atoms with Gasteiger partial charge in [0.2, 0.25) is 0 Å². The maximum atomic E-state index is 12.5. The van der Waals surface area contributed by atoms with Crippen molar-refractivity contribution in [3.8, 4) is 0 Å². The average Bonchev–Trinajstić information content (AvgIpc) is 3.03. The first-order valence-corrected chi connectivity index (χ1v) is 9.55. The molecule has 148 valence electrons. The van der Waals surface area contributed by atoms with Crippen LogP contribution in [0.15, 0.2) is 53.6 Å². The highest BCUT2D eigenvalue weighted by Gasteiger charge is 2.38. The number of alkyl halides is 3. The van der Waals surface area contributed by atoms with Gasteiger partial charge in [-0.1, -0.05) is 0 Å². The Kier molecular flexibility index (Phi) is 5.02. The Morgan fingerprint density at radius 1 is 1.11 bits per heavy atom. The van der Waals surface area contributed by atoms with Gasteiger partial charge in [-0.3, -0.25) is 14.2 Å². The van der Waals surface area contributed by atoms with Crippen molar-refractivity contribution >= 4 is 38.2 Å². The molecular weight excluding hydrogens is 397 g/mol. The minimum Gasteiger partial charge on any atom is -0.318 e. The van der Waals surface area contributed by atoms with Crippen LogP contribution in [0.5, 0.6) is 0 Å². The molecule has 0 aliphatic heterocycles. The molecule has 0 aliphatic rings. The molecule has 1 amide bonds. The second-order valence-electron chi connectivity index (χ2n) is 5.82. The fourth-order valence-corrected chi connectivity index (χ4v) is 3.57. The summed E-state index contributed by atoms with van der Waals surface area (Å²) in [5.74, 6) is -2.14. The predicted molar refractivity (Wildman–Crippen MR) is 97.3 cm³/mol. The van der Waals surface area contributed by atoms with Gasteiger partial charge in [0.1, 0.15) is 0 Å². The number of benzene rings is 2. The van der Waals surface area contributed by atoms with Gasteiger partial charge in [-0.05, 0) is 49.4 Å².